The maximum Gasteiger partial charge on any atom is 0.265 e. The fraction of sp³-hybridized carbons (Fsp3) is 0.120. The van der Waals surface area contributed by atoms with E-state index >= 15 is 0 Å². The molecule has 0 unspecified atom stereocenters. The highest BCUT2D eigenvalue weighted by Crippen LogP contribution is 2.28. The SMILES string of the molecule is NNC(=O)CCCOc1ccc(-c2ccc(-c3cc(C(=O)NN)c4cnccc4n3)cc2)cc1. The van der Waals surface area contributed by atoms with Crippen LogP contribution in [0, 0.1) is 0 Å². The molecule has 2 aromatic carbocycles. The minimum absolute atomic E-state index is 0.211. The number of rotatable bonds is 8. The molecule has 0 aliphatic rings. The first kappa shape index (κ1) is 22.8. The minimum atomic E-state index is -0.400. The molecule has 0 bridgehead atoms. The average Bonchev–Trinajstić information content (AvgIpc) is 2.90. The van der Waals surface area contributed by atoms with E-state index in [0.29, 0.717) is 41.6 Å². The van der Waals surface area contributed by atoms with E-state index in [2.05, 4.69) is 20.8 Å². The largest absolute Gasteiger partial charge is 0.494 e. The number of hydrogen-bond acceptors (Lipinski definition) is 7. The summed E-state index contributed by atoms with van der Waals surface area (Å²) in [6.45, 7) is 0.431. The van der Waals surface area contributed by atoms with Crippen LogP contribution >= 0.6 is 0 Å². The number of carbonyl (C=O) groups is 2. The molecule has 2 heterocycles. The molecule has 0 spiro atoms. The molecule has 0 fully saturated rings. The number of aromatic nitrogens is 2. The van der Waals surface area contributed by atoms with E-state index < -0.39 is 5.91 Å². The molecule has 2 aromatic heterocycles. The number of carbonyl (C=O) groups excluding carboxylic acids is 2. The Labute approximate surface area is 196 Å². The quantitative estimate of drug-likeness (QED) is 0.138. The Kier molecular flexibility index (Phi) is 7.07. The summed E-state index contributed by atoms with van der Waals surface area (Å²) < 4.78 is 5.67. The van der Waals surface area contributed by atoms with Crippen molar-refractivity contribution >= 4 is 22.7 Å². The summed E-state index contributed by atoms with van der Waals surface area (Å²) in [6, 6.07) is 19.1. The summed E-state index contributed by atoms with van der Waals surface area (Å²) in [6.07, 6.45) is 4.14. The van der Waals surface area contributed by atoms with Crippen molar-refractivity contribution in [2.45, 2.75) is 12.8 Å². The van der Waals surface area contributed by atoms with Crippen LogP contribution in [0.15, 0.2) is 73.1 Å². The van der Waals surface area contributed by atoms with Gasteiger partial charge in [0.2, 0.25) is 5.91 Å². The van der Waals surface area contributed by atoms with E-state index in [4.69, 9.17) is 16.4 Å². The van der Waals surface area contributed by atoms with Crippen molar-refractivity contribution in [3.8, 4) is 28.1 Å². The van der Waals surface area contributed by atoms with E-state index in [9.17, 15) is 9.59 Å². The molecular weight excluding hydrogens is 432 g/mol. The van der Waals surface area contributed by atoms with Crippen LogP contribution < -0.4 is 27.3 Å². The summed E-state index contributed by atoms with van der Waals surface area (Å²) in [5, 5.41) is 0.635. The van der Waals surface area contributed by atoms with Gasteiger partial charge in [-0.15, -0.1) is 0 Å². The molecule has 0 aliphatic heterocycles. The second kappa shape index (κ2) is 10.5. The Bertz CT molecular complexity index is 1310. The molecule has 0 aliphatic carbocycles. The number of ether oxygens (including phenoxy) is 1. The first-order chi connectivity index (χ1) is 16.6. The third-order valence-electron chi connectivity index (χ3n) is 5.33. The molecule has 0 radical (unpaired) electrons. The number of pyridine rings is 2. The zero-order valence-corrected chi connectivity index (χ0v) is 18.3. The van der Waals surface area contributed by atoms with Crippen LogP contribution in [0.4, 0.5) is 0 Å². The van der Waals surface area contributed by atoms with Gasteiger partial charge in [-0.1, -0.05) is 36.4 Å². The summed E-state index contributed by atoms with van der Waals surface area (Å²) >= 11 is 0. The highest BCUT2D eigenvalue weighted by atomic mass is 16.5. The molecule has 34 heavy (non-hydrogen) atoms. The van der Waals surface area contributed by atoms with Crippen molar-refractivity contribution < 1.29 is 14.3 Å². The Morgan fingerprint density at radius 1 is 0.882 bits per heavy atom. The Hall–Kier alpha value is -4.34. The number of nitrogen functional groups attached to an aromatic ring is 1. The number of nitrogens with one attached hydrogen (secondary N) is 2. The van der Waals surface area contributed by atoms with Crippen molar-refractivity contribution in [3.05, 3.63) is 78.6 Å². The van der Waals surface area contributed by atoms with Crippen molar-refractivity contribution in [1.29, 1.82) is 0 Å². The lowest BCUT2D eigenvalue weighted by atomic mass is 10.0. The molecule has 0 atom stereocenters. The van der Waals surface area contributed by atoms with Crippen LogP contribution in [0.3, 0.4) is 0 Å². The summed E-state index contributed by atoms with van der Waals surface area (Å²) in [5.41, 5.74) is 8.95. The minimum Gasteiger partial charge on any atom is -0.494 e. The topological polar surface area (TPSA) is 145 Å². The maximum absolute atomic E-state index is 12.3. The molecule has 6 N–H and O–H groups in total. The average molecular weight is 457 g/mol. The molecule has 4 rings (SSSR count). The molecule has 0 saturated carbocycles. The smallest absolute Gasteiger partial charge is 0.265 e. The molecule has 4 aromatic rings. The van der Waals surface area contributed by atoms with Gasteiger partial charge in [-0.25, -0.2) is 16.7 Å². The second-order valence-corrected chi connectivity index (χ2v) is 7.54. The number of benzene rings is 2. The van der Waals surface area contributed by atoms with Crippen LogP contribution in [-0.4, -0.2) is 28.4 Å². The van der Waals surface area contributed by atoms with Crippen molar-refractivity contribution in [2.24, 2.45) is 11.7 Å². The van der Waals surface area contributed by atoms with Gasteiger partial charge in [0.05, 0.1) is 23.4 Å². The molecular formula is C25H24N6O3. The Morgan fingerprint density at radius 3 is 2.24 bits per heavy atom. The zero-order valence-electron chi connectivity index (χ0n) is 18.3. The number of hydrazine groups is 2. The van der Waals surface area contributed by atoms with Gasteiger partial charge in [0, 0.05) is 29.8 Å². The normalized spacial score (nSPS) is 10.6. The van der Waals surface area contributed by atoms with Gasteiger partial charge >= 0.3 is 0 Å². The van der Waals surface area contributed by atoms with E-state index in [-0.39, 0.29) is 5.91 Å². The van der Waals surface area contributed by atoms with Crippen LogP contribution in [0.1, 0.15) is 23.2 Å². The van der Waals surface area contributed by atoms with Crippen LogP contribution in [0.5, 0.6) is 5.75 Å². The first-order valence-electron chi connectivity index (χ1n) is 10.7. The predicted octanol–water partition coefficient (Wildman–Crippen LogP) is 2.72. The van der Waals surface area contributed by atoms with Gasteiger partial charge in [-0.2, -0.15) is 0 Å². The van der Waals surface area contributed by atoms with Gasteiger partial charge in [0.25, 0.3) is 5.91 Å². The van der Waals surface area contributed by atoms with E-state index in [1.54, 1.807) is 24.5 Å². The first-order valence-corrected chi connectivity index (χ1v) is 10.7. The fourth-order valence-corrected chi connectivity index (χ4v) is 3.55. The molecule has 9 heteroatoms. The highest BCUT2D eigenvalue weighted by molar-refractivity contribution is 6.06. The summed E-state index contributed by atoms with van der Waals surface area (Å²) in [4.78, 5) is 32.2. The van der Waals surface area contributed by atoms with Gasteiger partial charge in [-0.05, 0) is 41.8 Å². The van der Waals surface area contributed by atoms with E-state index in [1.165, 1.54) is 0 Å². The number of nitrogens with zero attached hydrogens (tertiary/aromatic N) is 2. The number of amides is 2. The number of nitrogens with two attached hydrogens (primary N) is 2. The van der Waals surface area contributed by atoms with Crippen LogP contribution in [-0.2, 0) is 4.79 Å². The molecule has 9 nitrogen and oxygen atoms in total. The zero-order chi connectivity index (χ0) is 23.9. The monoisotopic (exact) mass is 456 g/mol. The lowest BCUT2D eigenvalue weighted by Crippen LogP contribution is -2.30. The van der Waals surface area contributed by atoms with Gasteiger partial charge in [0.1, 0.15) is 5.75 Å². The van der Waals surface area contributed by atoms with Crippen molar-refractivity contribution in [1.82, 2.24) is 20.8 Å². The Morgan fingerprint density at radius 2 is 1.56 bits per heavy atom. The third kappa shape index (κ3) is 5.17. The third-order valence-corrected chi connectivity index (χ3v) is 5.33. The fourth-order valence-electron chi connectivity index (χ4n) is 3.55. The molecule has 172 valence electrons. The van der Waals surface area contributed by atoms with E-state index in [0.717, 1.165) is 22.4 Å². The standard InChI is InChI=1S/C25H24N6O3/c26-30-24(32)2-1-13-34-19-9-7-17(8-10-19)16-3-5-18(6-4-16)23-14-20(25(33)31-27)21-15-28-12-11-22(21)29-23/h3-12,14-15H,1-2,13,26-27H2,(H,30,32)(H,31,33). The van der Waals surface area contributed by atoms with E-state index in [1.807, 2.05) is 48.5 Å². The molecule has 0 saturated heterocycles. The summed E-state index contributed by atoms with van der Waals surface area (Å²) in [5.74, 6) is 10.5. The maximum atomic E-state index is 12.3. The predicted molar refractivity (Wildman–Crippen MR) is 129 cm³/mol. The van der Waals surface area contributed by atoms with Crippen molar-refractivity contribution in [2.75, 3.05) is 6.61 Å². The summed E-state index contributed by atoms with van der Waals surface area (Å²) in [7, 11) is 0. The van der Waals surface area contributed by atoms with Crippen molar-refractivity contribution in [3.63, 3.8) is 0 Å². The van der Waals surface area contributed by atoms with Gasteiger partial charge in [0.15, 0.2) is 0 Å². The Balaban J connectivity index is 1.50. The number of fused-ring (bicyclic) bond motifs is 1. The lowest BCUT2D eigenvalue weighted by Gasteiger charge is -2.10. The molecule has 2 amide bonds. The highest BCUT2D eigenvalue weighted by Gasteiger charge is 2.13. The van der Waals surface area contributed by atoms with Gasteiger partial charge < -0.3 is 4.74 Å². The lowest BCUT2D eigenvalue weighted by molar-refractivity contribution is -0.121. The van der Waals surface area contributed by atoms with Crippen LogP contribution in [0.25, 0.3) is 33.3 Å². The van der Waals surface area contributed by atoms with Gasteiger partial charge in [-0.3, -0.25) is 25.4 Å². The second-order valence-electron chi connectivity index (χ2n) is 7.54. The van der Waals surface area contributed by atoms with Crippen LogP contribution in [0.2, 0.25) is 0 Å². The number of hydrogen-bond donors (Lipinski definition) is 4.